The molecule has 0 unspecified atom stereocenters. The van der Waals surface area contributed by atoms with E-state index >= 15 is 0 Å². The lowest BCUT2D eigenvalue weighted by atomic mass is 10.4. The molecular formula is C4H7O2. The van der Waals surface area contributed by atoms with Crippen LogP contribution in [0.3, 0.4) is 0 Å². The van der Waals surface area contributed by atoms with Crippen LogP contribution in [0, 0.1) is 0 Å². The normalized spacial score (nSPS) is 7.17. The molecule has 35 valence electrons. The minimum absolute atomic E-state index is 0.880. The summed E-state index contributed by atoms with van der Waals surface area (Å²) >= 11 is 0. The van der Waals surface area contributed by atoms with Gasteiger partial charge in [0, 0.05) is 5.26 Å². The average molecular weight is 87.1 g/mol. The highest BCUT2D eigenvalue weighted by Crippen LogP contribution is 1.85. The fraction of sp³-hybridized carbons (Fsp3) is 0.500. The van der Waals surface area contributed by atoms with E-state index in [0.29, 0.717) is 0 Å². The van der Waals surface area contributed by atoms with Crippen molar-refractivity contribution in [3.63, 3.8) is 0 Å². The van der Waals surface area contributed by atoms with Gasteiger partial charge < -0.3 is 4.89 Å². The Hall–Kier alpha value is -0.500. The molecule has 0 aliphatic rings. The standard InChI is InChI=1S/C4H7O2/c1-4(2)3-6-5/h3H,1-2H3. The van der Waals surface area contributed by atoms with Crippen LogP contribution in [-0.4, -0.2) is 0 Å². The van der Waals surface area contributed by atoms with E-state index in [2.05, 4.69) is 4.89 Å². The van der Waals surface area contributed by atoms with E-state index in [9.17, 15) is 0 Å². The van der Waals surface area contributed by atoms with E-state index in [4.69, 9.17) is 5.26 Å². The van der Waals surface area contributed by atoms with E-state index < -0.39 is 0 Å². The molecule has 6 heavy (non-hydrogen) atoms. The summed E-state index contributed by atoms with van der Waals surface area (Å²) in [7, 11) is 0. The summed E-state index contributed by atoms with van der Waals surface area (Å²) in [6.07, 6.45) is 1.15. The van der Waals surface area contributed by atoms with Crippen molar-refractivity contribution in [2.75, 3.05) is 0 Å². The quantitative estimate of drug-likeness (QED) is 0.269. The maximum atomic E-state index is 9.16. The highest BCUT2D eigenvalue weighted by Gasteiger charge is 1.70. The van der Waals surface area contributed by atoms with Crippen molar-refractivity contribution in [2.24, 2.45) is 0 Å². The topological polar surface area (TPSA) is 29.1 Å². The van der Waals surface area contributed by atoms with Gasteiger partial charge in [-0.05, 0) is 19.4 Å². The lowest BCUT2D eigenvalue weighted by Gasteiger charge is -1.78. The third-order valence-electron chi connectivity index (χ3n) is 0.284. The summed E-state index contributed by atoms with van der Waals surface area (Å²) in [4.78, 5) is 3.39. The molecule has 0 N–H and O–H groups in total. The predicted molar refractivity (Wildman–Crippen MR) is 21.2 cm³/mol. The molecule has 0 bridgehead atoms. The van der Waals surface area contributed by atoms with Gasteiger partial charge >= 0.3 is 0 Å². The first kappa shape index (κ1) is 5.50. The molecule has 0 saturated carbocycles. The zero-order valence-electron chi connectivity index (χ0n) is 3.89. The van der Waals surface area contributed by atoms with Gasteiger partial charge in [0.05, 0.1) is 0 Å². The summed E-state index contributed by atoms with van der Waals surface area (Å²) in [6.45, 7) is 3.58. The molecule has 0 aliphatic heterocycles. The molecule has 0 aromatic heterocycles. The Morgan fingerprint density at radius 1 is 1.67 bits per heavy atom. The molecule has 1 radical (unpaired) electrons. The molecule has 0 aliphatic carbocycles. The summed E-state index contributed by atoms with van der Waals surface area (Å²) in [5, 5.41) is 9.16. The van der Waals surface area contributed by atoms with E-state index in [0.717, 1.165) is 11.8 Å². The van der Waals surface area contributed by atoms with Crippen LogP contribution in [-0.2, 0) is 10.1 Å². The number of hydrogen-bond donors (Lipinski definition) is 0. The zero-order chi connectivity index (χ0) is 4.99. The molecule has 2 heteroatoms. The van der Waals surface area contributed by atoms with Crippen LogP contribution < -0.4 is 0 Å². The highest BCUT2D eigenvalue weighted by atomic mass is 17.1. The molecule has 0 saturated heterocycles. The molecule has 0 atom stereocenters. The first-order valence-electron chi connectivity index (χ1n) is 1.69. The maximum absolute atomic E-state index is 9.16. The molecule has 2 nitrogen and oxygen atoms in total. The Balaban J connectivity index is 3.14. The molecule has 0 heterocycles. The summed E-state index contributed by atoms with van der Waals surface area (Å²) in [5.41, 5.74) is 0.880. The third-order valence-corrected chi connectivity index (χ3v) is 0.284. The van der Waals surface area contributed by atoms with Crippen molar-refractivity contribution in [1.29, 1.82) is 0 Å². The van der Waals surface area contributed by atoms with E-state index in [-0.39, 0.29) is 0 Å². The fourth-order valence-electron chi connectivity index (χ4n) is 0.0962. The van der Waals surface area contributed by atoms with Gasteiger partial charge in [-0.2, -0.15) is 0 Å². The van der Waals surface area contributed by atoms with Gasteiger partial charge in [-0.1, -0.05) is 0 Å². The highest BCUT2D eigenvalue weighted by molar-refractivity contribution is 4.85. The van der Waals surface area contributed by atoms with Gasteiger partial charge in [0.2, 0.25) is 0 Å². The molecule has 0 aromatic carbocycles. The van der Waals surface area contributed by atoms with Gasteiger partial charge in [0.25, 0.3) is 0 Å². The van der Waals surface area contributed by atoms with Crippen molar-refractivity contribution in [1.82, 2.24) is 0 Å². The summed E-state index contributed by atoms with van der Waals surface area (Å²) in [6, 6.07) is 0. The maximum Gasteiger partial charge on any atom is 0.131 e. The lowest BCUT2D eigenvalue weighted by molar-refractivity contribution is -0.255. The SMILES string of the molecule is CC(C)=CO[O]. The Kier molecular flexibility index (Phi) is 2.50. The van der Waals surface area contributed by atoms with Crippen LogP contribution in [0.25, 0.3) is 0 Å². The molecule has 0 aromatic rings. The third kappa shape index (κ3) is 3.50. The second kappa shape index (κ2) is 2.72. The minimum atomic E-state index is 0.880. The van der Waals surface area contributed by atoms with Crippen LogP contribution in [0.1, 0.15) is 13.8 Å². The van der Waals surface area contributed by atoms with Crippen LogP contribution >= 0.6 is 0 Å². The number of hydrogen-bond acceptors (Lipinski definition) is 1. The van der Waals surface area contributed by atoms with Gasteiger partial charge in [0.1, 0.15) is 6.26 Å². The Labute approximate surface area is 37.0 Å². The Morgan fingerprint density at radius 3 is 2.17 bits per heavy atom. The summed E-state index contributed by atoms with van der Waals surface area (Å²) in [5.74, 6) is 0. The van der Waals surface area contributed by atoms with Crippen molar-refractivity contribution in [2.45, 2.75) is 13.8 Å². The number of allylic oxidation sites excluding steroid dienone is 1. The van der Waals surface area contributed by atoms with Crippen molar-refractivity contribution in [3.8, 4) is 0 Å². The van der Waals surface area contributed by atoms with Crippen LogP contribution in [0.15, 0.2) is 11.8 Å². The van der Waals surface area contributed by atoms with Crippen molar-refractivity contribution in [3.05, 3.63) is 11.8 Å². The van der Waals surface area contributed by atoms with Gasteiger partial charge in [-0.25, -0.2) is 0 Å². The van der Waals surface area contributed by atoms with Crippen molar-refractivity contribution < 1.29 is 10.1 Å². The van der Waals surface area contributed by atoms with Gasteiger partial charge in [-0.3, -0.25) is 0 Å². The predicted octanol–water partition coefficient (Wildman–Crippen LogP) is 1.27. The van der Waals surface area contributed by atoms with Gasteiger partial charge in [-0.15, -0.1) is 0 Å². The Morgan fingerprint density at radius 2 is 2.17 bits per heavy atom. The first-order chi connectivity index (χ1) is 2.77. The second-order valence-electron chi connectivity index (χ2n) is 1.29. The largest absolute Gasteiger partial charge is 0.313 e. The molecule has 0 amide bonds. The van der Waals surface area contributed by atoms with E-state index in [1.165, 1.54) is 0 Å². The average Bonchev–Trinajstić information content (AvgIpc) is 1.35. The zero-order valence-corrected chi connectivity index (χ0v) is 3.89. The smallest absolute Gasteiger partial charge is 0.131 e. The van der Waals surface area contributed by atoms with Crippen LogP contribution in [0.4, 0.5) is 0 Å². The molecular weight excluding hydrogens is 80.0 g/mol. The second-order valence-corrected chi connectivity index (χ2v) is 1.29. The molecule has 0 fully saturated rings. The Bertz CT molecular complexity index is 52.6. The molecule has 0 rings (SSSR count). The monoisotopic (exact) mass is 87.0 g/mol. The minimum Gasteiger partial charge on any atom is -0.313 e. The van der Waals surface area contributed by atoms with E-state index in [1.54, 1.807) is 13.8 Å². The van der Waals surface area contributed by atoms with Crippen molar-refractivity contribution >= 4 is 0 Å². The van der Waals surface area contributed by atoms with Gasteiger partial charge in [0.15, 0.2) is 0 Å². The fourth-order valence-corrected chi connectivity index (χ4v) is 0.0962. The molecule has 0 spiro atoms. The number of rotatable bonds is 1. The van der Waals surface area contributed by atoms with E-state index in [1.807, 2.05) is 0 Å². The lowest BCUT2D eigenvalue weighted by Crippen LogP contribution is -1.65. The summed E-state index contributed by atoms with van der Waals surface area (Å²) < 4.78 is 0. The first-order valence-corrected chi connectivity index (χ1v) is 1.69. The van der Waals surface area contributed by atoms with Crippen LogP contribution in [0.2, 0.25) is 0 Å². The van der Waals surface area contributed by atoms with Crippen LogP contribution in [0.5, 0.6) is 0 Å².